The van der Waals surface area contributed by atoms with Crippen LogP contribution in [0.2, 0.25) is 0 Å². The van der Waals surface area contributed by atoms with Crippen LogP contribution < -0.4 is 10.2 Å². The van der Waals surface area contributed by atoms with Gasteiger partial charge in [0.2, 0.25) is 5.91 Å². The summed E-state index contributed by atoms with van der Waals surface area (Å²) in [5.41, 5.74) is 3.60. The number of carbonyl (C=O) groups excluding carboxylic acids is 2. The highest BCUT2D eigenvalue weighted by molar-refractivity contribution is 8.00. The monoisotopic (exact) mass is 452 g/mol. The number of aryl methyl sites for hydroxylation is 1. The predicted molar refractivity (Wildman–Crippen MR) is 136 cm³/mol. The highest BCUT2D eigenvalue weighted by Crippen LogP contribution is 2.29. The minimum atomic E-state index is -0.149. The molecule has 2 amide bonds. The molecule has 0 radical (unpaired) electrons. The number of hydrogen-bond acceptors (Lipinski definition) is 3. The second-order valence-corrected chi connectivity index (χ2v) is 9.16. The van der Waals surface area contributed by atoms with Gasteiger partial charge in [0.15, 0.2) is 0 Å². The molecule has 1 heterocycles. The summed E-state index contributed by atoms with van der Waals surface area (Å²) in [4.78, 5) is 28.6. The van der Waals surface area contributed by atoms with E-state index in [0.29, 0.717) is 17.0 Å². The molecule has 164 valence electrons. The van der Waals surface area contributed by atoms with Gasteiger partial charge in [-0.3, -0.25) is 9.59 Å². The molecule has 0 atom stereocenters. The molecule has 33 heavy (non-hydrogen) atoms. The Morgan fingerprint density at radius 1 is 0.848 bits per heavy atom. The first kappa shape index (κ1) is 21.3. The predicted octanol–water partition coefficient (Wildman–Crippen LogP) is 6.16. The Kier molecular flexibility index (Phi) is 6.13. The summed E-state index contributed by atoms with van der Waals surface area (Å²) in [6, 6.07) is 29.5. The molecule has 0 saturated carbocycles. The minimum Gasteiger partial charge on any atom is -0.322 e. The van der Waals surface area contributed by atoms with E-state index in [9.17, 15) is 9.59 Å². The largest absolute Gasteiger partial charge is 0.322 e. The maximum absolute atomic E-state index is 12.9. The topological polar surface area (TPSA) is 49.4 Å². The molecule has 5 rings (SSSR count). The van der Waals surface area contributed by atoms with Crippen molar-refractivity contribution in [3.8, 4) is 0 Å². The lowest BCUT2D eigenvalue weighted by Gasteiger charge is -2.29. The van der Waals surface area contributed by atoms with Crippen LogP contribution in [0.4, 0.5) is 11.4 Å². The molecule has 0 fully saturated rings. The number of carbonyl (C=O) groups is 2. The fraction of sp³-hybridized carbons (Fsp3) is 0.143. The molecule has 1 aliphatic rings. The van der Waals surface area contributed by atoms with Gasteiger partial charge in [-0.05, 0) is 65.6 Å². The summed E-state index contributed by atoms with van der Waals surface area (Å²) in [5.74, 6) is 0.317. The minimum absolute atomic E-state index is 0.109. The molecule has 1 aliphatic heterocycles. The molecule has 0 unspecified atom stereocenters. The van der Waals surface area contributed by atoms with Gasteiger partial charge < -0.3 is 10.2 Å². The van der Waals surface area contributed by atoms with Gasteiger partial charge >= 0.3 is 0 Å². The van der Waals surface area contributed by atoms with Crippen LogP contribution >= 0.6 is 11.8 Å². The van der Waals surface area contributed by atoms with Gasteiger partial charge in [-0.1, -0.05) is 54.6 Å². The standard InChI is InChI=1S/C28H24N2O2S/c31-27(30-16-6-10-21-8-3-4-13-26(21)30)19-33-25-12-5-11-24(18-25)29-28(32)23-15-14-20-7-1-2-9-22(20)17-23/h1-5,7-9,11-15,17-18H,6,10,16,19H2,(H,29,32). The molecule has 1 N–H and O–H groups in total. The first-order valence-corrected chi connectivity index (χ1v) is 12.1. The van der Waals surface area contributed by atoms with E-state index in [-0.39, 0.29) is 11.8 Å². The number of anilines is 2. The fourth-order valence-electron chi connectivity index (χ4n) is 4.21. The summed E-state index contributed by atoms with van der Waals surface area (Å²) in [6.07, 6.45) is 2.01. The molecular weight excluding hydrogens is 428 g/mol. The zero-order chi connectivity index (χ0) is 22.6. The van der Waals surface area contributed by atoms with Gasteiger partial charge in [-0.25, -0.2) is 0 Å². The van der Waals surface area contributed by atoms with Crippen molar-refractivity contribution >= 4 is 45.7 Å². The number of fused-ring (bicyclic) bond motifs is 2. The van der Waals surface area contributed by atoms with Crippen LogP contribution in [0.5, 0.6) is 0 Å². The van der Waals surface area contributed by atoms with Gasteiger partial charge in [0, 0.05) is 28.4 Å². The van der Waals surface area contributed by atoms with Crippen LogP contribution in [0, 0.1) is 0 Å². The molecular formula is C28H24N2O2S. The Labute approximate surface area is 197 Å². The van der Waals surface area contributed by atoms with E-state index in [1.54, 1.807) is 0 Å². The number of benzene rings is 4. The number of nitrogens with zero attached hydrogens (tertiary/aromatic N) is 1. The lowest BCUT2D eigenvalue weighted by atomic mass is 10.0. The van der Waals surface area contributed by atoms with E-state index in [0.717, 1.165) is 40.7 Å². The van der Waals surface area contributed by atoms with Crippen LogP contribution in [0.3, 0.4) is 0 Å². The molecule has 4 aromatic rings. The van der Waals surface area contributed by atoms with Crippen molar-refractivity contribution in [1.82, 2.24) is 0 Å². The number of para-hydroxylation sites is 1. The molecule has 4 nitrogen and oxygen atoms in total. The SMILES string of the molecule is O=C(Nc1cccc(SCC(=O)N2CCCc3ccccc32)c1)c1ccc2ccccc2c1. The first-order valence-electron chi connectivity index (χ1n) is 11.1. The van der Waals surface area contributed by atoms with E-state index >= 15 is 0 Å². The Bertz CT molecular complexity index is 1330. The van der Waals surface area contributed by atoms with E-state index in [1.807, 2.05) is 89.8 Å². The lowest BCUT2D eigenvalue weighted by Crippen LogP contribution is -2.36. The normalized spacial score (nSPS) is 12.9. The van der Waals surface area contributed by atoms with E-state index in [4.69, 9.17) is 0 Å². The van der Waals surface area contributed by atoms with Crippen LogP contribution in [-0.4, -0.2) is 24.1 Å². The summed E-state index contributed by atoms with van der Waals surface area (Å²) < 4.78 is 0. The Morgan fingerprint density at radius 2 is 1.67 bits per heavy atom. The maximum atomic E-state index is 12.9. The quantitative estimate of drug-likeness (QED) is 0.369. The highest BCUT2D eigenvalue weighted by atomic mass is 32.2. The molecule has 0 aliphatic carbocycles. The molecule has 5 heteroatoms. The van der Waals surface area contributed by atoms with Crippen LogP contribution in [0.25, 0.3) is 10.8 Å². The van der Waals surface area contributed by atoms with E-state index in [2.05, 4.69) is 11.4 Å². The van der Waals surface area contributed by atoms with Gasteiger partial charge in [0.25, 0.3) is 5.91 Å². The number of amides is 2. The summed E-state index contributed by atoms with van der Waals surface area (Å²) >= 11 is 1.49. The van der Waals surface area contributed by atoms with Crippen molar-refractivity contribution in [3.63, 3.8) is 0 Å². The Hall–Kier alpha value is -3.57. The Balaban J connectivity index is 1.24. The summed E-state index contributed by atoms with van der Waals surface area (Å²) in [5, 5.41) is 5.12. The third kappa shape index (κ3) is 4.78. The van der Waals surface area contributed by atoms with Crippen molar-refractivity contribution in [3.05, 3.63) is 102 Å². The third-order valence-corrected chi connectivity index (χ3v) is 6.86. The zero-order valence-corrected chi connectivity index (χ0v) is 19.0. The van der Waals surface area contributed by atoms with Crippen molar-refractivity contribution in [2.24, 2.45) is 0 Å². The number of rotatable bonds is 5. The van der Waals surface area contributed by atoms with Crippen molar-refractivity contribution in [2.45, 2.75) is 17.7 Å². The van der Waals surface area contributed by atoms with Gasteiger partial charge in [0.05, 0.1) is 5.75 Å². The van der Waals surface area contributed by atoms with E-state index in [1.165, 1.54) is 17.3 Å². The van der Waals surface area contributed by atoms with Crippen molar-refractivity contribution < 1.29 is 9.59 Å². The second kappa shape index (κ2) is 9.51. The Morgan fingerprint density at radius 3 is 2.58 bits per heavy atom. The average molecular weight is 453 g/mol. The number of hydrogen-bond donors (Lipinski definition) is 1. The molecule has 0 spiro atoms. The van der Waals surface area contributed by atoms with Crippen LogP contribution in [0.1, 0.15) is 22.3 Å². The highest BCUT2D eigenvalue weighted by Gasteiger charge is 2.22. The summed E-state index contributed by atoms with van der Waals surface area (Å²) in [6.45, 7) is 0.762. The zero-order valence-electron chi connectivity index (χ0n) is 18.2. The summed E-state index contributed by atoms with van der Waals surface area (Å²) in [7, 11) is 0. The lowest BCUT2D eigenvalue weighted by molar-refractivity contribution is -0.116. The average Bonchev–Trinajstić information content (AvgIpc) is 2.87. The van der Waals surface area contributed by atoms with Crippen LogP contribution in [0.15, 0.2) is 95.9 Å². The molecule has 0 saturated heterocycles. The van der Waals surface area contributed by atoms with E-state index < -0.39 is 0 Å². The third-order valence-electron chi connectivity index (χ3n) is 5.88. The molecule has 0 bridgehead atoms. The van der Waals surface area contributed by atoms with Gasteiger partial charge in [-0.15, -0.1) is 11.8 Å². The smallest absolute Gasteiger partial charge is 0.255 e. The van der Waals surface area contributed by atoms with Crippen molar-refractivity contribution in [1.29, 1.82) is 0 Å². The maximum Gasteiger partial charge on any atom is 0.255 e. The second-order valence-electron chi connectivity index (χ2n) is 8.11. The molecule has 0 aromatic heterocycles. The van der Waals surface area contributed by atoms with Crippen LogP contribution in [-0.2, 0) is 11.2 Å². The number of thioether (sulfide) groups is 1. The first-order chi connectivity index (χ1) is 16.2. The van der Waals surface area contributed by atoms with Gasteiger partial charge in [-0.2, -0.15) is 0 Å². The fourth-order valence-corrected chi connectivity index (χ4v) is 5.04. The van der Waals surface area contributed by atoms with Gasteiger partial charge in [0.1, 0.15) is 0 Å². The molecule has 4 aromatic carbocycles. The number of nitrogens with one attached hydrogen (secondary N) is 1. The van der Waals surface area contributed by atoms with Crippen molar-refractivity contribution in [2.75, 3.05) is 22.5 Å².